The van der Waals surface area contributed by atoms with E-state index in [4.69, 9.17) is 9.84 Å². The number of pyridine rings is 1. The molecule has 1 saturated carbocycles. The van der Waals surface area contributed by atoms with E-state index in [0.717, 1.165) is 18.4 Å². The number of hydrogen-bond acceptors (Lipinski definition) is 3. The minimum absolute atomic E-state index is 0.109. The third-order valence-corrected chi connectivity index (χ3v) is 2.95. The summed E-state index contributed by atoms with van der Waals surface area (Å²) in [6, 6.07) is 1.80. The fraction of sp³-hybridized carbons (Fsp3) is 0.400. The maximum atomic E-state index is 11.0. The van der Waals surface area contributed by atoms with Crippen molar-refractivity contribution >= 4 is 21.9 Å². The van der Waals surface area contributed by atoms with E-state index < -0.39 is 5.97 Å². The van der Waals surface area contributed by atoms with E-state index in [9.17, 15) is 4.79 Å². The molecule has 0 spiro atoms. The molecule has 0 atom stereocenters. The summed E-state index contributed by atoms with van der Waals surface area (Å²) >= 11 is 3.31. The van der Waals surface area contributed by atoms with Crippen LogP contribution in [0.15, 0.2) is 10.5 Å². The number of aromatic nitrogens is 1. The summed E-state index contributed by atoms with van der Waals surface area (Å²) in [5.74, 6) is -0.328. The second-order valence-corrected chi connectivity index (χ2v) is 4.35. The number of hydrogen-bond donors (Lipinski definition) is 1. The lowest BCUT2D eigenvalue weighted by Gasteiger charge is -2.08. The van der Waals surface area contributed by atoms with Gasteiger partial charge in [-0.15, -0.1) is 0 Å². The monoisotopic (exact) mass is 271 g/mol. The van der Waals surface area contributed by atoms with Crippen LogP contribution in [0.25, 0.3) is 0 Å². The standard InChI is InChI=1S/C10H10BrNO3/c1-15-9-7(11)4-6(5-2-3-5)8(12-9)10(13)14/h4-5H,2-3H2,1H3,(H,13,14). The Bertz CT molecular complexity index is 415. The van der Waals surface area contributed by atoms with Crippen molar-refractivity contribution in [2.24, 2.45) is 0 Å². The maximum absolute atomic E-state index is 11.0. The van der Waals surface area contributed by atoms with Gasteiger partial charge in [0.05, 0.1) is 11.6 Å². The topological polar surface area (TPSA) is 59.4 Å². The molecule has 80 valence electrons. The number of methoxy groups -OCH3 is 1. The van der Waals surface area contributed by atoms with Crippen LogP contribution in [0.4, 0.5) is 0 Å². The van der Waals surface area contributed by atoms with Crippen LogP contribution in [0.3, 0.4) is 0 Å². The highest BCUT2D eigenvalue weighted by molar-refractivity contribution is 9.10. The number of aromatic carboxylic acids is 1. The number of nitrogens with zero attached hydrogens (tertiary/aromatic N) is 1. The van der Waals surface area contributed by atoms with Gasteiger partial charge in [-0.25, -0.2) is 9.78 Å². The first-order valence-electron chi connectivity index (χ1n) is 4.61. The molecule has 0 radical (unpaired) electrons. The molecule has 0 unspecified atom stereocenters. The quantitative estimate of drug-likeness (QED) is 0.918. The Morgan fingerprint density at radius 1 is 1.67 bits per heavy atom. The average Bonchev–Trinajstić information content (AvgIpc) is 3.00. The highest BCUT2D eigenvalue weighted by Gasteiger charge is 2.30. The lowest BCUT2D eigenvalue weighted by atomic mass is 10.1. The summed E-state index contributed by atoms with van der Waals surface area (Å²) in [6.45, 7) is 0. The highest BCUT2D eigenvalue weighted by Crippen LogP contribution is 2.43. The number of carboxylic acids is 1. The summed E-state index contributed by atoms with van der Waals surface area (Å²) in [7, 11) is 1.47. The summed E-state index contributed by atoms with van der Waals surface area (Å²) in [4.78, 5) is 15.0. The summed E-state index contributed by atoms with van der Waals surface area (Å²) in [5.41, 5.74) is 0.910. The fourth-order valence-electron chi connectivity index (χ4n) is 1.51. The second kappa shape index (κ2) is 3.81. The summed E-state index contributed by atoms with van der Waals surface area (Å²) < 4.78 is 5.68. The van der Waals surface area contributed by atoms with Crippen molar-refractivity contribution in [3.05, 3.63) is 21.8 Å². The van der Waals surface area contributed by atoms with Crippen molar-refractivity contribution in [3.63, 3.8) is 0 Å². The van der Waals surface area contributed by atoms with Crippen LogP contribution in [-0.2, 0) is 0 Å². The minimum Gasteiger partial charge on any atom is -0.480 e. The second-order valence-electron chi connectivity index (χ2n) is 3.50. The van der Waals surface area contributed by atoms with Crippen molar-refractivity contribution in [1.82, 2.24) is 4.98 Å². The normalized spacial score (nSPS) is 15.1. The molecule has 0 bridgehead atoms. The maximum Gasteiger partial charge on any atom is 0.354 e. The summed E-state index contributed by atoms with van der Waals surface area (Å²) in [5, 5.41) is 9.02. The minimum atomic E-state index is -0.997. The number of ether oxygens (including phenoxy) is 1. The number of halogens is 1. The zero-order chi connectivity index (χ0) is 11.0. The zero-order valence-corrected chi connectivity index (χ0v) is 9.74. The predicted octanol–water partition coefficient (Wildman–Crippen LogP) is 2.43. The van der Waals surface area contributed by atoms with Crippen molar-refractivity contribution in [2.45, 2.75) is 18.8 Å². The Kier molecular flexibility index (Phi) is 2.65. The van der Waals surface area contributed by atoms with Crippen LogP contribution in [-0.4, -0.2) is 23.2 Å². The van der Waals surface area contributed by atoms with E-state index in [1.165, 1.54) is 7.11 Å². The van der Waals surface area contributed by atoms with Gasteiger partial charge in [0.15, 0.2) is 5.69 Å². The average molecular weight is 272 g/mol. The Labute approximate surface area is 95.4 Å². The fourth-order valence-corrected chi connectivity index (χ4v) is 2.00. The van der Waals surface area contributed by atoms with E-state index in [0.29, 0.717) is 16.3 Å². The molecule has 0 saturated heterocycles. The molecule has 1 aromatic heterocycles. The molecule has 15 heavy (non-hydrogen) atoms. The van der Waals surface area contributed by atoms with Gasteiger partial charge < -0.3 is 9.84 Å². The van der Waals surface area contributed by atoms with Gasteiger partial charge in [0.1, 0.15) is 0 Å². The molecule has 0 amide bonds. The van der Waals surface area contributed by atoms with Crippen molar-refractivity contribution in [2.75, 3.05) is 7.11 Å². The third-order valence-electron chi connectivity index (χ3n) is 2.39. The van der Waals surface area contributed by atoms with Gasteiger partial charge in [-0.1, -0.05) is 0 Å². The zero-order valence-electron chi connectivity index (χ0n) is 8.16. The molecule has 0 aliphatic heterocycles. The van der Waals surface area contributed by atoms with Crippen LogP contribution >= 0.6 is 15.9 Å². The molecule has 1 fully saturated rings. The van der Waals surface area contributed by atoms with Gasteiger partial charge >= 0.3 is 5.97 Å². The first-order chi connectivity index (χ1) is 7.13. The molecule has 1 aliphatic carbocycles. The van der Waals surface area contributed by atoms with E-state index in [2.05, 4.69) is 20.9 Å². The lowest BCUT2D eigenvalue weighted by molar-refractivity contribution is 0.0688. The van der Waals surface area contributed by atoms with Crippen molar-refractivity contribution < 1.29 is 14.6 Å². The first-order valence-corrected chi connectivity index (χ1v) is 5.40. The Morgan fingerprint density at radius 2 is 2.33 bits per heavy atom. The van der Waals surface area contributed by atoms with Crippen LogP contribution in [0, 0.1) is 0 Å². The van der Waals surface area contributed by atoms with Crippen LogP contribution < -0.4 is 4.74 Å². The number of rotatable bonds is 3. The molecule has 4 nitrogen and oxygen atoms in total. The van der Waals surface area contributed by atoms with Gasteiger partial charge in [-0.3, -0.25) is 0 Å². The lowest BCUT2D eigenvalue weighted by Crippen LogP contribution is -2.06. The Morgan fingerprint density at radius 3 is 2.80 bits per heavy atom. The molecule has 1 aromatic rings. The van der Waals surface area contributed by atoms with E-state index >= 15 is 0 Å². The third kappa shape index (κ3) is 1.97. The van der Waals surface area contributed by atoms with Gasteiger partial charge in [0, 0.05) is 0 Å². The molecule has 1 heterocycles. The molecule has 0 aromatic carbocycles. The van der Waals surface area contributed by atoms with Crippen LogP contribution in [0.5, 0.6) is 5.88 Å². The van der Waals surface area contributed by atoms with Crippen LogP contribution in [0.2, 0.25) is 0 Å². The largest absolute Gasteiger partial charge is 0.480 e. The van der Waals surface area contributed by atoms with Gasteiger partial charge in [0.2, 0.25) is 5.88 Å². The molecule has 1 N–H and O–H groups in total. The smallest absolute Gasteiger partial charge is 0.354 e. The SMILES string of the molecule is COc1nc(C(=O)O)c(C2CC2)cc1Br. The van der Waals surface area contributed by atoms with Gasteiger partial charge in [-0.2, -0.15) is 0 Å². The first kappa shape index (κ1) is 10.4. The van der Waals surface area contributed by atoms with Crippen LogP contribution in [0.1, 0.15) is 34.8 Å². The van der Waals surface area contributed by atoms with Gasteiger partial charge in [0.25, 0.3) is 0 Å². The summed E-state index contributed by atoms with van der Waals surface area (Å²) in [6.07, 6.45) is 2.08. The molecular formula is C10H10BrNO3. The highest BCUT2D eigenvalue weighted by atomic mass is 79.9. The molecular weight excluding hydrogens is 262 g/mol. The molecule has 5 heteroatoms. The Hall–Kier alpha value is -1.10. The van der Waals surface area contributed by atoms with Crippen molar-refractivity contribution in [3.8, 4) is 5.88 Å². The molecule has 2 rings (SSSR count). The van der Waals surface area contributed by atoms with Gasteiger partial charge in [-0.05, 0) is 46.3 Å². The Balaban J connectivity index is 2.52. The number of carbonyl (C=O) groups is 1. The van der Waals surface area contributed by atoms with Crippen molar-refractivity contribution in [1.29, 1.82) is 0 Å². The molecule has 1 aliphatic rings. The predicted molar refractivity (Wildman–Crippen MR) is 57.4 cm³/mol. The number of carboxylic acid groups (broad SMARTS) is 1. The van der Waals surface area contributed by atoms with E-state index in [-0.39, 0.29) is 5.69 Å². The van der Waals surface area contributed by atoms with E-state index in [1.54, 1.807) is 6.07 Å². The van der Waals surface area contributed by atoms with E-state index in [1.807, 2.05) is 0 Å².